The summed E-state index contributed by atoms with van der Waals surface area (Å²) in [4.78, 5) is 16.5. The van der Waals surface area contributed by atoms with Gasteiger partial charge in [0.05, 0.1) is 30.8 Å². The predicted octanol–water partition coefficient (Wildman–Crippen LogP) is 3.54. The maximum Gasteiger partial charge on any atom is 0.224 e. The summed E-state index contributed by atoms with van der Waals surface area (Å²) < 4.78 is 16.8. The van der Waals surface area contributed by atoms with E-state index in [4.69, 9.17) is 25.8 Å². The van der Waals surface area contributed by atoms with Crippen LogP contribution in [0.4, 0.5) is 0 Å². The molecule has 0 bridgehead atoms. The highest BCUT2D eigenvalue weighted by molar-refractivity contribution is 6.32. The average molecular weight is 391 g/mol. The monoisotopic (exact) mass is 390 g/mol. The van der Waals surface area contributed by atoms with Gasteiger partial charge in [0, 0.05) is 25.2 Å². The number of halogens is 1. The summed E-state index contributed by atoms with van der Waals surface area (Å²) in [6.45, 7) is 5.43. The Kier molecular flexibility index (Phi) is 6.40. The van der Waals surface area contributed by atoms with E-state index in [0.717, 1.165) is 17.5 Å². The quantitative estimate of drug-likeness (QED) is 0.816. The van der Waals surface area contributed by atoms with Crippen molar-refractivity contribution in [1.29, 1.82) is 0 Å². The van der Waals surface area contributed by atoms with Gasteiger partial charge < -0.3 is 19.5 Å². The molecule has 6 nitrogen and oxygen atoms in total. The zero-order chi connectivity index (χ0) is 19.2. The molecular formula is C20H23ClN2O4. The largest absolute Gasteiger partial charge is 0.489 e. The van der Waals surface area contributed by atoms with E-state index in [-0.39, 0.29) is 18.4 Å². The summed E-state index contributed by atoms with van der Waals surface area (Å²) in [7, 11) is 0. The van der Waals surface area contributed by atoms with Gasteiger partial charge in [0.25, 0.3) is 0 Å². The first-order valence-electron chi connectivity index (χ1n) is 8.97. The number of carbonyl (C=O) groups is 1. The van der Waals surface area contributed by atoms with Gasteiger partial charge in [-0.25, -0.2) is 4.98 Å². The second-order valence-corrected chi connectivity index (χ2v) is 6.99. The van der Waals surface area contributed by atoms with Crippen LogP contribution in [0.3, 0.4) is 0 Å². The zero-order valence-electron chi connectivity index (χ0n) is 15.5. The SMILES string of the molecule is CC(C)Oc1ccc(CNC(=O)Cc2cc(Cl)c3c(c2)OCCCO3)cn1. The van der Waals surface area contributed by atoms with Crippen molar-refractivity contribution in [3.05, 3.63) is 46.6 Å². The van der Waals surface area contributed by atoms with E-state index in [1.807, 2.05) is 26.0 Å². The minimum Gasteiger partial charge on any atom is -0.489 e. The molecule has 2 heterocycles. The number of carbonyl (C=O) groups excluding carboxylic acids is 1. The maximum atomic E-state index is 12.3. The first-order chi connectivity index (χ1) is 13.0. The Morgan fingerprint density at radius 3 is 2.81 bits per heavy atom. The third kappa shape index (κ3) is 5.50. The number of amides is 1. The molecule has 3 rings (SSSR count). The Morgan fingerprint density at radius 1 is 1.26 bits per heavy atom. The van der Waals surface area contributed by atoms with Crippen molar-refractivity contribution >= 4 is 17.5 Å². The number of pyridine rings is 1. The fraction of sp³-hybridized carbons (Fsp3) is 0.400. The fourth-order valence-corrected chi connectivity index (χ4v) is 2.95. The van der Waals surface area contributed by atoms with E-state index in [1.54, 1.807) is 18.3 Å². The molecule has 2 aromatic rings. The Labute approximate surface area is 163 Å². The molecule has 1 aliphatic rings. The molecule has 0 saturated heterocycles. The third-order valence-electron chi connectivity index (χ3n) is 3.87. The van der Waals surface area contributed by atoms with Crippen LogP contribution in [0.25, 0.3) is 0 Å². The van der Waals surface area contributed by atoms with Crippen LogP contribution in [-0.4, -0.2) is 30.2 Å². The van der Waals surface area contributed by atoms with E-state index in [2.05, 4.69) is 10.3 Å². The highest BCUT2D eigenvalue weighted by Gasteiger charge is 2.16. The second-order valence-electron chi connectivity index (χ2n) is 6.58. The number of fused-ring (bicyclic) bond motifs is 1. The topological polar surface area (TPSA) is 69.7 Å². The van der Waals surface area contributed by atoms with Crippen LogP contribution in [0.2, 0.25) is 5.02 Å². The molecule has 1 aromatic carbocycles. The number of aromatic nitrogens is 1. The molecule has 0 aliphatic carbocycles. The normalized spacial score (nSPS) is 13.2. The van der Waals surface area contributed by atoms with Crippen molar-refractivity contribution in [3.63, 3.8) is 0 Å². The van der Waals surface area contributed by atoms with Crippen molar-refractivity contribution in [1.82, 2.24) is 10.3 Å². The Bertz CT molecular complexity index is 793. The van der Waals surface area contributed by atoms with Crippen molar-refractivity contribution in [2.24, 2.45) is 0 Å². The minimum atomic E-state index is -0.108. The average Bonchev–Trinajstić information content (AvgIpc) is 2.86. The molecular weight excluding hydrogens is 368 g/mol. The van der Waals surface area contributed by atoms with Gasteiger partial charge in [-0.1, -0.05) is 17.7 Å². The Balaban J connectivity index is 1.56. The van der Waals surface area contributed by atoms with Gasteiger partial charge >= 0.3 is 0 Å². The molecule has 27 heavy (non-hydrogen) atoms. The van der Waals surface area contributed by atoms with Crippen LogP contribution in [0.15, 0.2) is 30.5 Å². The number of benzene rings is 1. The smallest absolute Gasteiger partial charge is 0.224 e. The van der Waals surface area contributed by atoms with E-state index in [9.17, 15) is 4.79 Å². The highest BCUT2D eigenvalue weighted by Crippen LogP contribution is 2.38. The summed E-state index contributed by atoms with van der Waals surface area (Å²) in [5, 5.41) is 3.34. The van der Waals surface area contributed by atoms with Gasteiger partial charge in [-0.15, -0.1) is 0 Å². The summed E-state index contributed by atoms with van der Waals surface area (Å²) in [5.74, 6) is 1.60. The summed E-state index contributed by atoms with van der Waals surface area (Å²) >= 11 is 6.27. The number of rotatable bonds is 6. The molecule has 0 saturated carbocycles. The molecule has 0 radical (unpaired) electrons. The fourth-order valence-electron chi connectivity index (χ4n) is 2.66. The number of nitrogens with one attached hydrogen (secondary N) is 1. The molecule has 1 aromatic heterocycles. The van der Waals surface area contributed by atoms with Crippen molar-refractivity contribution in [2.75, 3.05) is 13.2 Å². The summed E-state index contributed by atoms with van der Waals surface area (Å²) in [6.07, 6.45) is 2.78. The van der Waals surface area contributed by atoms with Crippen molar-refractivity contribution < 1.29 is 19.0 Å². The van der Waals surface area contributed by atoms with E-state index in [1.165, 1.54) is 0 Å². The zero-order valence-corrected chi connectivity index (χ0v) is 16.2. The molecule has 1 amide bonds. The van der Waals surface area contributed by atoms with Crippen LogP contribution < -0.4 is 19.5 Å². The molecule has 0 unspecified atom stereocenters. The lowest BCUT2D eigenvalue weighted by molar-refractivity contribution is -0.120. The third-order valence-corrected chi connectivity index (χ3v) is 4.15. The van der Waals surface area contributed by atoms with Crippen molar-refractivity contribution in [3.8, 4) is 17.4 Å². The molecule has 0 fully saturated rings. The van der Waals surface area contributed by atoms with E-state index >= 15 is 0 Å². The Morgan fingerprint density at radius 2 is 2.07 bits per heavy atom. The molecule has 0 spiro atoms. The summed E-state index contributed by atoms with van der Waals surface area (Å²) in [6, 6.07) is 7.24. The number of hydrogen-bond donors (Lipinski definition) is 1. The van der Waals surface area contributed by atoms with Crippen LogP contribution >= 0.6 is 11.6 Å². The maximum absolute atomic E-state index is 12.3. The van der Waals surface area contributed by atoms with Gasteiger partial charge in [-0.2, -0.15) is 0 Å². The molecule has 144 valence electrons. The first kappa shape index (κ1) is 19.3. The lowest BCUT2D eigenvalue weighted by Gasteiger charge is -2.12. The minimum absolute atomic E-state index is 0.0742. The first-order valence-corrected chi connectivity index (χ1v) is 9.35. The van der Waals surface area contributed by atoms with Gasteiger partial charge in [-0.05, 0) is 37.1 Å². The molecule has 1 aliphatic heterocycles. The standard InChI is InChI=1S/C20H23ClN2O4/c1-13(2)27-19-5-4-14(12-23-19)11-22-18(24)10-15-8-16(21)20-17(9-15)25-6-3-7-26-20/h4-5,8-9,12-13H,3,6-7,10-11H2,1-2H3,(H,22,24). The van der Waals surface area contributed by atoms with Gasteiger partial charge in [0.2, 0.25) is 11.8 Å². The van der Waals surface area contributed by atoms with Crippen LogP contribution in [0, 0.1) is 0 Å². The summed E-state index contributed by atoms with van der Waals surface area (Å²) in [5.41, 5.74) is 1.68. The van der Waals surface area contributed by atoms with E-state index < -0.39 is 0 Å². The highest BCUT2D eigenvalue weighted by atomic mass is 35.5. The van der Waals surface area contributed by atoms with Gasteiger partial charge in [-0.3, -0.25) is 4.79 Å². The predicted molar refractivity (Wildman–Crippen MR) is 103 cm³/mol. The van der Waals surface area contributed by atoms with Crippen molar-refractivity contribution in [2.45, 2.75) is 39.3 Å². The lowest BCUT2D eigenvalue weighted by Crippen LogP contribution is -2.24. The molecule has 0 atom stereocenters. The molecule has 7 heteroatoms. The lowest BCUT2D eigenvalue weighted by atomic mass is 10.1. The van der Waals surface area contributed by atoms with E-state index in [0.29, 0.717) is 42.2 Å². The molecule has 1 N–H and O–H groups in total. The number of hydrogen-bond acceptors (Lipinski definition) is 5. The number of nitrogens with zero attached hydrogens (tertiary/aromatic N) is 1. The Hall–Kier alpha value is -2.47. The van der Waals surface area contributed by atoms with Crippen LogP contribution in [-0.2, 0) is 17.8 Å². The van der Waals surface area contributed by atoms with Gasteiger partial charge in [0.15, 0.2) is 11.5 Å². The number of ether oxygens (including phenoxy) is 3. The van der Waals surface area contributed by atoms with Gasteiger partial charge in [0.1, 0.15) is 0 Å². The van der Waals surface area contributed by atoms with Crippen LogP contribution in [0.5, 0.6) is 17.4 Å². The van der Waals surface area contributed by atoms with Crippen LogP contribution in [0.1, 0.15) is 31.4 Å². The second kappa shape index (κ2) is 8.95.